The minimum atomic E-state index is -1.29. The fourth-order valence-corrected chi connectivity index (χ4v) is 2.56. The summed E-state index contributed by atoms with van der Waals surface area (Å²) in [6, 6.07) is 2.33. The van der Waals surface area contributed by atoms with Crippen molar-refractivity contribution in [1.29, 1.82) is 0 Å². The summed E-state index contributed by atoms with van der Waals surface area (Å²) in [6.45, 7) is 0. The van der Waals surface area contributed by atoms with Gasteiger partial charge in [0.05, 0.1) is 11.1 Å². The lowest BCUT2D eigenvalue weighted by atomic mass is 9.96. The molecule has 2 N–H and O–H groups in total. The van der Waals surface area contributed by atoms with Crippen molar-refractivity contribution >= 4 is 16.6 Å². The number of nitrogens with one attached hydrogen (secondary N) is 2. The van der Waals surface area contributed by atoms with E-state index in [9.17, 15) is 18.0 Å². The normalized spacial score (nSPS) is 13.3. The number of hydrogen-bond acceptors (Lipinski definition) is 2. The van der Waals surface area contributed by atoms with Crippen molar-refractivity contribution in [2.75, 3.05) is 0 Å². The van der Waals surface area contributed by atoms with Gasteiger partial charge in [-0.3, -0.25) is 9.89 Å². The maximum absolute atomic E-state index is 14.1. The minimum Gasteiger partial charge on any atom is -0.305 e. The van der Waals surface area contributed by atoms with E-state index in [0.29, 0.717) is 17.1 Å². The van der Waals surface area contributed by atoms with Gasteiger partial charge in [-0.25, -0.2) is 13.2 Å². The van der Waals surface area contributed by atoms with Crippen LogP contribution >= 0.6 is 0 Å². The molecule has 0 radical (unpaired) electrons. The van der Waals surface area contributed by atoms with E-state index < -0.39 is 23.0 Å². The van der Waals surface area contributed by atoms with E-state index >= 15 is 0 Å². The molecule has 1 aliphatic carbocycles. The maximum atomic E-state index is 14.1. The number of aromatic amines is 2. The van der Waals surface area contributed by atoms with Gasteiger partial charge in [-0.05, 0) is 6.07 Å². The lowest BCUT2D eigenvalue weighted by Gasteiger charge is -2.09. The van der Waals surface area contributed by atoms with Crippen molar-refractivity contribution < 1.29 is 13.2 Å². The predicted molar refractivity (Wildman–Crippen MR) is 79.1 cm³/mol. The minimum absolute atomic E-state index is 0.144. The Kier molecular flexibility index (Phi) is 2.77. The number of H-pyrrole nitrogens is 2. The zero-order valence-electron chi connectivity index (χ0n) is 11.5. The highest BCUT2D eigenvalue weighted by Crippen LogP contribution is 2.35. The second-order valence-electron chi connectivity index (χ2n) is 5.10. The van der Waals surface area contributed by atoms with Crippen LogP contribution in [0.15, 0.2) is 41.2 Å². The Bertz CT molecular complexity index is 1080. The Morgan fingerprint density at radius 3 is 2.39 bits per heavy atom. The summed E-state index contributed by atoms with van der Waals surface area (Å²) >= 11 is 0. The molecular weight excluding hydrogens is 307 g/mol. The maximum Gasteiger partial charge on any atom is 0.250 e. The number of pyridine rings is 1. The highest BCUT2D eigenvalue weighted by Gasteiger charge is 2.20. The fourth-order valence-electron chi connectivity index (χ4n) is 2.56. The van der Waals surface area contributed by atoms with E-state index in [1.54, 1.807) is 0 Å². The number of benzene rings is 1. The number of nitrogens with zero attached hydrogens (tertiary/aromatic N) is 1. The Hall–Kier alpha value is -3.09. The second-order valence-corrected chi connectivity index (χ2v) is 5.10. The largest absolute Gasteiger partial charge is 0.305 e. The highest BCUT2D eigenvalue weighted by molar-refractivity contribution is 6.02. The van der Waals surface area contributed by atoms with E-state index in [4.69, 9.17) is 0 Å². The van der Waals surface area contributed by atoms with Gasteiger partial charge in [0.25, 0.3) is 0 Å². The second kappa shape index (κ2) is 4.70. The van der Waals surface area contributed by atoms with Gasteiger partial charge >= 0.3 is 0 Å². The summed E-state index contributed by atoms with van der Waals surface area (Å²) in [4.78, 5) is 14.3. The summed E-state index contributed by atoms with van der Waals surface area (Å²) in [5.74, 6) is -3.44. The van der Waals surface area contributed by atoms with Crippen molar-refractivity contribution in [3.63, 3.8) is 0 Å². The average Bonchev–Trinajstić information content (AvgIpc) is 2.84. The Labute approximate surface area is 127 Å². The van der Waals surface area contributed by atoms with E-state index in [0.717, 1.165) is 17.7 Å². The van der Waals surface area contributed by atoms with E-state index in [1.165, 1.54) is 0 Å². The molecule has 114 valence electrons. The number of fused-ring (bicyclic) bond motifs is 1. The monoisotopic (exact) mass is 315 g/mol. The van der Waals surface area contributed by atoms with Crippen molar-refractivity contribution in [3.8, 4) is 11.1 Å². The Balaban J connectivity index is 2.08. The molecule has 0 bridgehead atoms. The first-order chi connectivity index (χ1) is 11.0. The van der Waals surface area contributed by atoms with Crippen molar-refractivity contribution in [2.45, 2.75) is 0 Å². The zero-order chi connectivity index (χ0) is 16.1. The third kappa shape index (κ3) is 2.01. The van der Waals surface area contributed by atoms with Crippen molar-refractivity contribution in [3.05, 3.63) is 69.9 Å². The van der Waals surface area contributed by atoms with Crippen LogP contribution in [-0.4, -0.2) is 15.2 Å². The molecule has 1 aliphatic rings. The van der Waals surface area contributed by atoms with E-state index in [-0.39, 0.29) is 16.8 Å². The predicted octanol–water partition coefficient (Wildman–Crippen LogP) is 3.29. The molecule has 4 nitrogen and oxygen atoms in total. The number of rotatable bonds is 2. The van der Waals surface area contributed by atoms with Crippen LogP contribution < -0.4 is 5.56 Å². The molecule has 0 fully saturated rings. The third-order valence-electron chi connectivity index (χ3n) is 3.69. The van der Waals surface area contributed by atoms with Gasteiger partial charge in [0.2, 0.25) is 5.56 Å². The first kappa shape index (κ1) is 13.6. The summed E-state index contributed by atoms with van der Waals surface area (Å²) < 4.78 is 40.8. The lowest BCUT2D eigenvalue weighted by molar-refractivity contribution is 0.496. The van der Waals surface area contributed by atoms with Crippen LogP contribution in [0.2, 0.25) is 0 Å². The molecule has 0 amide bonds. The summed E-state index contributed by atoms with van der Waals surface area (Å²) in [5, 5.41) is 7.20. The number of aromatic nitrogens is 3. The van der Waals surface area contributed by atoms with Gasteiger partial charge in [-0.1, -0.05) is 18.2 Å². The summed E-state index contributed by atoms with van der Waals surface area (Å²) in [5.41, 5.74) is 1.01. The Morgan fingerprint density at radius 2 is 1.70 bits per heavy atom. The molecule has 23 heavy (non-hydrogen) atoms. The molecule has 2 aromatic heterocycles. The SMILES string of the molecule is O=c1cc(-c2cc(F)c(F)cc2F)c2c(C3=CC=C3)[nH]nc2[nH]1. The number of hydrogen-bond donors (Lipinski definition) is 2. The first-order valence-corrected chi connectivity index (χ1v) is 6.69. The van der Waals surface area contributed by atoms with Gasteiger partial charge in [-0.15, -0.1) is 0 Å². The van der Waals surface area contributed by atoms with Gasteiger partial charge < -0.3 is 4.98 Å². The van der Waals surface area contributed by atoms with Gasteiger partial charge in [0.1, 0.15) is 5.82 Å². The molecular formula is C16H8F3N3O. The topological polar surface area (TPSA) is 61.5 Å². The highest BCUT2D eigenvalue weighted by atomic mass is 19.2. The molecule has 0 saturated heterocycles. The smallest absolute Gasteiger partial charge is 0.250 e. The average molecular weight is 315 g/mol. The fraction of sp³-hybridized carbons (Fsp3) is 0. The molecule has 4 rings (SSSR count). The molecule has 1 aromatic carbocycles. The Morgan fingerprint density at radius 1 is 0.957 bits per heavy atom. The quantitative estimate of drug-likeness (QED) is 0.713. The van der Waals surface area contributed by atoms with Gasteiger partial charge in [0, 0.05) is 28.8 Å². The van der Waals surface area contributed by atoms with E-state index in [2.05, 4.69) is 15.2 Å². The molecule has 2 heterocycles. The van der Waals surface area contributed by atoms with Gasteiger partial charge in [0.15, 0.2) is 17.3 Å². The van der Waals surface area contributed by atoms with Crippen LogP contribution in [0.4, 0.5) is 13.2 Å². The lowest BCUT2D eigenvalue weighted by Crippen LogP contribution is -2.06. The third-order valence-corrected chi connectivity index (χ3v) is 3.69. The van der Waals surface area contributed by atoms with Crippen LogP contribution in [0, 0.1) is 17.5 Å². The molecule has 0 spiro atoms. The van der Waals surface area contributed by atoms with Gasteiger partial charge in [-0.2, -0.15) is 5.10 Å². The molecule has 0 saturated carbocycles. The van der Waals surface area contributed by atoms with Crippen LogP contribution in [0.25, 0.3) is 27.7 Å². The molecule has 3 aromatic rings. The van der Waals surface area contributed by atoms with Crippen LogP contribution in [0.1, 0.15) is 5.69 Å². The number of halogens is 3. The van der Waals surface area contributed by atoms with Crippen LogP contribution in [0.3, 0.4) is 0 Å². The zero-order valence-corrected chi connectivity index (χ0v) is 11.5. The first-order valence-electron chi connectivity index (χ1n) is 6.69. The van der Waals surface area contributed by atoms with Crippen LogP contribution in [-0.2, 0) is 0 Å². The molecule has 7 heteroatoms. The van der Waals surface area contributed by atoms with E-state index in [1.807, 2.05) is 18.2 Å². The molecule has 0 unspecified atom stereocenters. The van der Waals surface area contributed by atoms with Crippen molar-refractivity contribution in [1.82, 2.24) is 15.2 Å². The number of allylic oxidation sites excluding steroid dienone is 4. The van der Waals surface area contributed by atoms with Crippen LogP contribution in [0.5, 0.6) is 0 Å². The van der Waals surface area contributed by atoms with Crippen molar-refractivity contribution in [2.24, 2.45) is 0 Å². The summed E-state index contributed by atoms with van der Waals surface area (Å²) in [6.07, 6.45) is 5.43. The molecule has 0 atom stereocenters. The standard InChI is InChI=1S/C16H8F3N3O/c17-10-6-12(19)11(18)4-8(10)9-5-13(23)20-16-14(9)15(21-22-16)7-2-1-3-7/h1-6H,(H2,20,21,22,23). The summed E-state index contributed by atoms with van der Waals surface area (Å²) in [7, 11) is 0. The molecule has 0 aliphatic heterocycles.